The summed E-state index contributed by atoms with van der Waals surface area (Å²) in [5, 5.41) is 3.01. The lowest BCUT2D eigenvalue weighted by Gasteiger charge is -2.08. The molecule has 0 aliphatic heterocycles. The number of sulfonamides is 1. The van der Waals surface area contributed by atoms with Crippen molar-refractivity contribution in [2.24, 2.45) is 0 Å². The van der Waals surface area contributed by atoms with Gasteiger partial charge in [0.15, 0.2) is 0 Å². The fourth-order valence-electron chi connectivity index (χ4n) is 1.30. The van der Waals surface area contributed by atoms with Gasteiger partial charge < -0.3 is 5.32 Å². The zero-order valence-electron chi connectivity index (χ0n) is 10.5. The third kappa shape index (κ3) is 5.18. The Morgan fingerprint density at radius 3 is 2.78 bits per heavy atom. The molecule has 1 heterocycles. The van der Waals surface area contributed by atoms with E-state index in [0.29, 0.717) is 24.5 Å². The number of hydrogen-bond acceptors (Lipinski definition) is 4. The van der Waals surface area contributed by atoms with Gasteiger partial charge in [-0.05, 0) is 18.6 Å². The van der Waals surface area contributed by atoms with Crippen molar-refractivity contribution >= 4 is 21.5 Å². The van der Waals surface area contributed by atoms with Crippen molar-refractivity contribution in [2.45, 2.75) is 19.8 Å². The molecule has 1 rings (SSSR count). The van der Waals surface area contributed by atoms with Crippen LogP contribution in [0.15, 0.2) is 31.0 Å². The summed E-state index contributed by atoms with van der Waals surface area (Å²) in [6, 6.07) is 3.41. The summed E-state index contributed by atoms with van der Waals surface area (Å²) < 4.78 is 25.8. The molecule has 1 aromatic rings. The lowest BCUT2D eigenvalue weighted by molar-refractivity contribution is 0.598. The van der Waals surface area contributed by atoms with Crippen molar-refractivity contribution < 1.29 is 8.42 Å². The van der Waals surface area contributed by atoms with Gasteiger partial charge in [0.25, 0.3) is 0 Å². The first kappa shape index (κ1) is 14.5. The van der Waals surface area contributed by atoms with Crippen LogP contribution in [0, 0.1) is 0 Å². The highest BCUT2D eigenvalue weighted by molar-refractivity contribution is 7.92. The molecule has 0 aromatic carbocycles. The summed E-state index contributed by atoms with van der Waals surface area (Å²) in [6.45, 7) is 6.16. The Morgan fingerprint density at radius 2 is 2.22 bits per heavy atom. The molecule has 0 radical (unpaired) electrons. The molecule has 2 N–H and O–H groups in total. The van der Waals surface area contributed by atoms with Gasteiger partial charge in [0.1, 0.15) is 5.82 Å². The molecule has 0 saturated heterocycles. The van der Waals surface area contributed by atoms with Gasteiger partial charge in [-0.25, -0.2) is 13.4 Å². The Morgan fingerprint density at radius 1 is 1.44 bits per heavy atom. The zero-order chi connectivity index (χ0) is 13.4. The molecule has 1 aromatic heterocycles. The van der Waals surface area contributed by atoms with Gasteiger partial charge in [0, 0.05) is 6.54 Å². The molecule has 0 amide bonds. The number of hydrogen-bond donors (Lipinski definition) is 2. The number of pyridine rings is 1. The Bertz CT molecular complexity index is 469. The number of nitrogens with one attached hydrogen (secondary N) is 2. The first-order valence-corrected chi connectivity index (χ1v) is 7.54. The fourth-order valence-corrected chi connectivity index (χ4v) is 2.55. The molecule has 0 spiro atoms. The average molecular weight is 269 g/mol. The summed E-state index contributed by atoms with van der Waals surface area (Å²) in [5.41, 5.74) is 0.482. The maximum atomic E-state index is 11.6. The maximum Gasteiger partial charge on any atom is 0.232 e. The largest absolute Gasteiger partial charge is 0.367 e. The van der Waals surface area contributed by atoms with E-state index >= 15 is 0 Å². The molecule has 0 aliphatic carbocycles. The van der Waals surface area contributed by atoms with Gasteiger partial charge in [-0.15, -0.1) is 6.58 Å². The summed E-state index contributed by atoms with van der Waals surface area (Å²) in [6.07, 6.45) is 4.73. The minimum atomic E-state index is -3.25. The van der Waals surface area contributed by atoms with Crippen molar-refractivity contribution in [1.82, 2.24) is 4.98 Å². The molecular formula is C12H19N3O2S. The number of rotatable bonds is 8. The average Bonchev–Trinajstić information content (AvgIpc) is 2.35. The standard InChI is InChI=1S/C12H19N3O2S/c1-3-5-9-18(16,17)15-11-6-7-12(14-10-11)13-8-4-2/h4,6-7,10,15H,2-3,5,8-9H2,1H3,(H,13,14). The van der Waals surface area contributed by atoms with Crippen LogP contribution in [-0.2, 0) is 10.0 Å². The zero-order valence-corrected chi connectivity index (χ0v) is 11.3. The lowest BCUT2D eigenvalue weighted by Crippen LogP contribution is -2.16. The van der Waals surface area contributed by atoms with Crippen molar-refractivity contribution in [3.05, 3.63) is 31.0 Å². The molecule has 0 fully saturated rings. The van der Waals surface area contributed by atoms with E-state index in [0.717, 1.165) is 6.42 Å². The Hall–Kier alpha value is -1.56. The van der Waals surface area contributed by atoms with Crippen LogP contribution in [0.4, 0.5) is 11.5 Å². The molecule has 100 valence electrons. The Balaban J connectivity index is 2.60. The van der Waals surface area contributed by atoms with Crippen molar-refractivity contribution in [3.8, 4) is 0 Å². The summed E-state index contributed by atoms with van der Waals surface area (Å²) in [4.78, 5) is 4.09. The van der Waals surface area contributed by atoms with Crippen LogP contribution in [0.3, 0.4) is 0 Å². The predicted molar refractivity (Wildman–Crippen MR) is 75.2 cm³/mol. The summed E-state index contributed by atoms with van der Waals surface area (Å²) in [7, 11) is -3.25. The molecule has 18 heavy (non-hydrogen) atoms. The van der Waals surface area contributed by atoms with E-state index in [2.05, 4.69) is 21.6 Å². The van der Waals surface area contributed by atoms with Gasteiger partial charge in [-0.1, -0.05) is 19.4 Å². The fraction of sp³-hybridized carbons (Fsp3) is 0.417. The first-order chi connectivity index (χ1) is 8.57. The van der Waals surface area contributed by atoms with E-state index in [4.69, 9.17) is 0 Å². The van der Waals surface area contributed by atoms with Gasteiger partial charge in [0.2, 0.25) is 10.0 Å². The number of aromatic nitrogens is 1. The van der Waals surface area contributed by atoms with Crippen LogP contribution in [-0.4, -0.2) is 25.7 Å². The summed E-state index contributed by atoms with van der Waals surface area (Å²) in [5.74, 6) is 0.825. The molecule has 0 atom stereocenters. The van der Waals surface area contributed by atoms with Crippen LogP contribution in [0.2, 0.25) is 0 Å². The number of nitrogens with zero attached hydrogens (tertiary/aromatic N) is 1. The molecule has 5 nitrogen and oxygen atoms in total. The van der Waals surface area contributed by atoms with E-state index in [1.54, 1.807) is 18.2 Å². The molecule has 0 unspecified atom stereocenters. The summed E-state index contributed by atoms with van der Waals surface area (Å²) >= 11 is 0. The van der Waals surface area contributed by atoms with Crippen molar-refractivity contribution in [3.63, 3.8) is 0 Å². The second-order valence-corrected chi connectivity index (χ2v) is 5.72. The predicted octanol–water partition coefficient (Wildman–Crippen LogP) is 2.22. The topological polar surface area (TPSA) is 71.1 Å². The van der Waals surface area contributed by atoms with Crippen LogP contribution in [0.1, 0.15) is 19.8 Å². The SMILES string of the molecule is C=CCNc1ccc(NS(=O)(=O)CCCC)cn1. The van der Waals surface area contributed by atoms with Crippen LogP contribution < -0.4 is 10.0 Å². The first-order valence-electron chi connectivity index (χ1n) is 5.88. The second-order valence-electron chi connectivity index (χ2n) is 3.88. The van der Waals surface area contributed by atoms with E-state index in [1.165, 1.54) is 6.20 Å². The van der Waals surface area contributed by atoms with E-state index in [1.807, 2.05) is 6.92 Å². The van der Waals surface area contributed by atoms with E-state index < -0.39 is 10.0 Å². The Labute approximate surface area is 108 Å². The van der Waals surface area contributed by atoms with Gasteiger partial charge in [0.05, 0.1) is 17.6 Å². The molecule has 0 bridgehead atoms. The highest BCUT2D eigenvalue weighted by Crippen LogP contribution is 2.11. The van der Waals surface area contributed by atoms with Gasteiger partial charge >= 0.3 is 0 Å². The van der Waals surface area contributed by atoms with Crippen molar-refractivity contribution in [2.75, 3.05) is 22.3 Å². The lowest BCUT2D eigenvalue weighted by atomic mass is 10.4. The number of anilines is 2. The highest BCUT2D eigenvalue weighted by Gasteiger charge is 2.09. The number of unbranched alkanes of at least 4 members (excludes halogenated alkanes) is 1. The Kier molecular flexibility index (Phi) is 5.64. The van der Waals surface area contributed by atoms with Gasteiger partial charge in [-0.2, -0.15) is 0 Å². The maximum absolute atomic E-state index is 11.6. The van der Waals surface area contributed by atoms with E-state index in [-0.39, 0.29) is 5.75 Å². The van der Waals surface area contributed by atoms with Crippen LogP contribution >= 0.6 is 0 Å². The third-order valence-corrected chi connectivity index (χ3v) is 3.60. The minimum absolute atomic E-state index is 0.139. The normalized spacial score (nSPS) is 10.9. The molecular weight excluding hydrogens is 250 g/mol. The quantitative estimate of drug-likeness (QED) is 0.710. The van der Waals surface area contributed by atoms with E-state index in [9.17, 15) is 8.42 Å². The second kappa shape index (κ2) is 7.00. The van der Waals surface area contributed by atoms with Crippen LogP contribution in [0.5, 0.6) is 0 Å². The highest BCUT2D eigenvalue weighted by atomic mass is 32.2. The third-order valence-electron chi connectivity index (χ3n) is 2.23. The van der Waals surface area contributed by atoms with Crippen LogP contribution in [0.25, 0.3) is 0 Å². The van der Waals surface area contributed by atoms with Crippen molar-refractivity contribution in [1.29, 1.82) is 0 Å². The minimum Gasteiger partial charge on any atom is -0.367 e. The molecule has 6 heteroatoms. The molecule has 0 saturated carbocycles. The monoisotopic (exact) mass is 269 g/mol. The van der Waals surface area contributed by atoms with Gasteiger partial charge in [-0.3, -0.25) is 4.72 Å². The molecule has 0 aliphatic rings. The smallest absolute Gasteiger partial charge is 0.232 e.